The van der Waals surface area contributed by atoms with Crippen LogP contribution in [0.25, 0.3) is 42.8 Å². The van der Waals surface area contributed by atoms with E-state index >= 15 is 0 Å². The van der Waals surface area contributed by atoms with Crippen molar-refractivity contribution in [1.82, 2.24) is 4.98 Å². The molecule has 2 aromatic heterocycles. The molecule has 0 saturated heterocycles. The monoisotopic (exact) mass is 493 g/mol. The minimum absolute atomic E-state index is 0.0438. The van der Waals surface area contributed by atoms with Gasteiger partial charge in [-0.05, 0) is 57.7 Å². The number of aryl methyl sites for hydroxylation is 2. The third kappa shape index (κ3) is 4.57. The maximum absolute atomic E-state index is 5.08. The lowest BCUT2D eigenvalue weighted by atomic mass is 9.80. The van der Waals surface area contributed by atoms with Crippen LogP contribution >= 0.6 is 11.3 Å². The van der Waals surface area contributed by atoms with E-state index in [1.54, 1.807) is 11.3 Å². The molecule has 0 bridgehead atoms. The van der Waals surface area contributed by atoms with Crippen LogP contribution in [0.3, 0.4) is 0 Å². The second-order valence-electron chi connectivity index (χ2n) is 12.3. The summed E-state index contributed by atoms with van der Waals surface area (Å²) in [5.41, 5.74) is 9.20. The number of fused-ring (bicyclic) bond motifs is 2. The molecule has 0 atom stereocenters. The first-order valence-corrected chi connectivity index (χ1v) is 13.7. The van der Waals surface area contributed by atoms with Crippen molar-refractivity contribution in [3.63, 3.8) is 0 Å². The van der Waals surface area contributed by atoms with Gasteiger partial charge in [-0.1, -0.05) is 90.1 Å². The average molecular weight is 494 g/mol. The Bertz CT molecular complexity index is 1580. The maximum Gasteiger partial charge on any atom is 0.232 e. The van der Waals surface area contributed by atoms with Gasteiger partial charge < -0.3 is 0 Å². The molecule has 0 aliphatic heterocycles. The van der Waals surface area contributed by atoms with Crippen LogP contribution in [0.15, 0.2) is 66.9 Å². The lowest BCUT2D eigenvalue weighted by molar-refractivity contribution is -0.659. The van der Waals surface area contributed by atoms with Crippen molar-refractivity contribution in [1.29, 1.82) is 0 Å². The number of thiazole rings is 1. The summed E-state index contributed by atoms with van der Waals surface area (Å²) < 4.78 is 3.51. The molecule has 3 aromatic carbocycles. The topological polar surface area (TPSA) is 16.8 Å². The summed E-state index contributed by atoms with van der Waals surface area (Å²) in [5, 5.41) is 3.76. The van der Waals surface area contributed by atoms with Crippen LogP contribution < -0.4 is 4.57 Å². The van der Waals surface area contributed by atoms with Crippen LogP contribution in [0.2, 0.25) is 0 Å². The Morgan fingerprint density at radius 2 is 1.53 bits per heavy atom. The number of aromatic nitrogens is 2. The molecule has 0 aliphatic carbocycles. The number of pyridine rings is 1. The van der Waals surface area contributed by atoms with E-state index in [1.807, 2.05) is 0 Å². The quantitative estimate of drug-likeness (QED) is 0.229. The van der Waals surface area contributed by atoms with Crippen LogP contribution in [0.1, 0.15) is 58.2 Å². The molecule has 0 fully saturated rings. The van der Waals surface area contributed by atoms with Crippen LogP contribution in [0.4, 0.5) is 0 Å². The molecule has 2 heterocycles. The van der Waals surface area contributed by atoms with Gasteiger partial charge in [0, 0.05) is 11.6 Å². The van der Waals surface area contributed by atoms with Gasteiger partial charge in [-0.15, -0.1) is 11.3 Å². The summed E-state index contributed by atoms with van der Waals surface area (Å²) in [4.78, 5) is 5.08. The lowest BCUT2D eigenvalue weighted by Crippen LogP contribution is -2.30. The summed E-state index contributed by atoms with van der Waals surface area (Å²) in [6, 6.07) is 22.4. The Hall–Kier alpha value is -3.04. The maximum atomic E-state index is 5.08. The standard InChI is InChI=1S/C33H37N2S/c1-21-24-11-9-10-12-25(24)27(33(5,6)7)19-26(21)29-30-28(17-18-35(29)8)34-31(36-30)23-15-13-22(14-16-23)20-32(2,3)4/h9-19H,20H2,1-8H3/q+1. The molecule has 5 rings (SSSR count). The van der Waals surface area contributed by atoms with Gasteiger partial charge in [0.1, 0.15) is 16.8 Å². The van der Waals surface area contributed by atoms with Crippen molar-refractivity contribution in [2.24, 2.45) is 12.5 Å². The van der Waals surface area contributed by atoms with E-state index in [4.69, 9.17) is 4.98 Å². The van der Waals surface area contributed by atoms with Crippen molar-refractivity contribution >= 4 is 32.3 Å². The zero-order chi connectivity index (χ0) is 25.8. The third-order valence-corrected chi connectivity index (χ3v) is 8.12. The SMILES string of the molecule is Cc1c(-c2c3sc(-c4ccc(CC(C)(C)C)cc4)nc3cc[n+]2C)cc(C(C)(C)C)c2ccccc12. The van der Waals surface area contributed by atoms with E-state index in [-0.39, 0.29) is 10.8 Å². The first-order chi connectivity index (χ1) is 16.9. The second kappa shape index (κ2) is 8.81. The Morgan fingerprint density at radius 3 is 2.17 bits per heavy atom. The van der Waals surface area contributed by atoms with E-state index in [1.165, 1.54) is 49.0 Å². The zero-order valence-corrected chi connectivity index (χ0v) is 23.7. The predicted molar refractivity (Wildman–Crippen MR) is 156 cm³/mol. The molecular weight excluding hydrogens is 456 g/mol. The first-order valence-electron chi connectivity index (χ1n) is 12.8. The van der Waals surface area contributed by atoms with Gasteiger partial charge in [-0.3, -0.25) is 0 Å². The molecule has 0 aliphatic rings. The Balaban J connectivity index is 1.69. The van der Waals surface area contributed by atoms with E-state index in [9.17, 15) is 0 Å². The van der Waals surface area contributed by atoms with Crippen LogP contribution in [0, 0.1) is 12.3 Å². The highest BCUT2D eigenvalue weighted by molar-refractivity contribution is 7.22. The van der Waals surface area contributed by atoms with Crippen molar-refractivity contribution in [2.45, 2.75) is 60.3 Å². The van der Waals surface area contributed by atoms with Crippen LogP contribution in [-0.2, 0) is 18.9 Å². The van der Waals surface area contributed by atoms with E-state index in [0.717, 1.165) is 16.9 Å². The number of rotatable bonds is 3. The summed E-state index contributed by atoms with van der Waals surface area (Å²) in [6.07, 6.45) is 3.23. The van der Waals surface area contributed by atoms with Gasteiger partial charge in [0.25, 0.3) is 0 Å². The number of hydrogen-bond acceptors (Lipinski definition) is 2. The van der Waals surface area contributed by atoms with Gasteiger partial charge in [0.2, 0.25) is 5.69 Å². The zero-order valence-electron chi connectivity index (χ0n) is 22.9. The van der Waals surface area contributed by atoms with Gasteiger partial charge >= 0.3 is 0 Å². The van der Waals surface area contributed by atoms with Gasteiger partial charge in [0.15, 0.2) is 6.20 Å². The Morgan fingerprint density at radius 1 is 0.861 bits per heavy atom. The lowest BCUT2D eigenvalue weighted by Gasteiger charge is -2.23. The smallest absolute Gasteiger partial charge is 0.232 e. The number of hydrogen-bond donors (Lipinski definition) is 0. The van der Waals surface area contributed by atoms with Crippen molar-refractivity contribution in [3.05, 3.63) is 83.6 Å². The minimum atomic E-state index is 0.0438. The van der Waals surface area contributed by atoms with Gasteiger partial charge in [-0.2, -0.15) is 4.57 Å². The molecule has 0 amide bonds. The summed E-state index contributed by atoms with van der Waals surface area (Å²) in [5.74, 6) is 0. The van der Waals surface area contributed by atoms with Gasteiger partial charge in [0.05, 0.1) is 11.1 Å². The number of nitrogens with zero attached hydrogens (tertiary/aromatic N) is 2. The fourth-order valence-electron chi connectivity index (χ4n) is 5.23. The third-order valence-electron chi connectivity index (χ3n) is 6.99. The highest BCUT2D eigenvalue weighted by Crippen LogP contribution is 2.41. The molecule has 0 radical (unpaired) electrons. The van der Waals surface area contributed by atoms with Crippen LogP contribution in [-0.4, -0.2) is 4.98 Å². The molecule has 36 heavy (non-hydrogen) atoms. The molecule has 2 nitrogen and oxygen atoms in total. The molecule has 3 heteroatoms. The first kappa shape index (κ1) is 24.6. The normalized spacial score (nSPS) is 12.6. The Kier molecular flexibility index (Phi) is 6.03. The largest absolute Gasteiger partial charge is 0.236 e. The molecule has 0 saturated carbocycles. The van der Waals surface area contributed by atoms with E-state index < -0.39 is 0 Å². The fraction of sp³-hybridized carbons (Fsp3) is 0.333. The Labute approximate surface area is 219 Å². The highest BCUT2D eigenvalue weighted by Gasteiger charge is 2.26. The number of benzene rings is 3. The average Bonchev–Trinajstić information content (AvgIpc) is 3.23. The van der Waals surface area contributed by atoms with Crippen molar-refractivity contribution < 1.29 is 4.57 Å². The summed E-state index contributed by atoms with van der Waals surface area (Å²) >= 11 is 1.80. The molecule has 0 N–H and O–H groups in total. The summed E-state index contributed by atoms with van der Waals surface area (Å²) in [6.45, 7) is 16.0. The van der Waals surface area contributed by atoms with Gasteiger partial charge in [-0.25, -0.2) is 4.98 Å². The second-order valence-corrected chi connectivity index (χ2v) is 13.3. The molecule has 5 aromatic rings. The molecule has 0 unspecified atom stereocenters. The van der Waals surface area contributed by atoms with Crippen LogP contribution in [0.5, 0.6) is 0 Å². The summed E-state index contributed by atoms with van der Waals surface area (Å²) in [7, 11) is 2.15. The predicted octanol–water partition coefficient (Wildman–Crippen LogP) is 8.80. The highest BCUT2D eigenvalue weighted by atomic mass is 32.1. The van der Waals surface area contributed by atoms with Crippen molar-refractivity contribution in [2.75, 3.05) is 0 Å². The fourth-order valence-corrected chi connectivity index (χ4v) is 6.39. The van der Waals surface area contributed by atoms with Crippen molar-refractivity contribution in [3.8, 4) is 21.8 Å². The molecular formula is C33H37N2S+. The van der Waals surface area contributed by atoms with E-state index in [0.29, 0.717) is 0 Å². The molecule has 0 spiro atoms. The minimum Gasteiger partial charge on any atom is -0.236 e. The van der Waals surface area contributed by atoms with E-state index in [2.05, 4.69) is 127 Å². The molecule has 184 valence electrons.